The Kier molecular flexibility index (Phi) is 26.5. The first kappa shape index (κ1) is 74.9. The third kappa shape index (κ3) is 20.8. The Labute approximate surface area is 546 Å². The summed E-state index contributed by atoms with van der Waals surface area (Å²) in [6.07, 6.45) is 15.8. The van der Waals surface area contributed by atoms with Crippen molar-refractivity contribution in [1.82, 2.24) is 0 Å². The summed E-state index contributed by atoms with van der Waals surface area (Å²) in [5.41, 5.74) is 49.7. The number of nitrogens with one attached hydrogen (secondary N) is 8. The van der Waals surface area contributed by atoms with Gasteiger partial charge in [0.1, 0.15) is 0 Å². The first-order valence-corrected chi connectivity index (χ1v) is 31.9. The zero-order valence-corrected chi connectivity index (χ0v) is 58.2. The van der Waals surface area contributed by atoms with Gasteiger partial charge < -0.3 is 44.2 Å². The van der Waals surface area contributed by atoms with Crippen LogP contribution in [-0.2, 0) is 57.6 Å². The number of anilines is 4. The minimum absolute atomic E-state index is 0. The Morgan fingerprint density at radius 3 is 1.16 bits per heavy atom. The average Bonchev–Trinajstić information content (AvgIpc) is 1.77. The van der Waals surface area contributed by atoms with E-state index in [-0.39, 0.29) is 115 Å². The van der Waals surface area contributed by atoms with Crippen LogP contribution >= 0.6 is 0 Å². The molecule has 1 radical (unpaired) electrons. The molecule has 1 aliphatic carbocycles. The van der Waals surface area contributed by atoms with E-state index in [1.54, 1.807) is 70.2 Å². The van der Waals surface area contributed by atoms with Gasteiger partial charge in [-0.1, -0.05) is 217 Å². The Morgan fingerprint density at radius 2 is 0.798 bits per heavy atom. The van der Waals surface area contributed by atoms with Crippen LogP contribution in [0.5, 0.6) is 0 Å². The summed E-state index contributed by atoms with van der Waals surface area (Å²) in [5.74, 6) is -3.64. The van der Waals surface area contributed by atoms with Crippen molar-refractivity contribution >= 4 is 52.0 Å². The van der Waals surface area contributed by atoms with Crippen molar-refractivity contribution in [2.24, 2.45) is 23.7 Å². The molecule has 0 saturated carbocycles. The van der Waals surface area contributed by atoms with Crippen molar-refractivity contribution in [3.8, 4) is 0 Å². The van der Waals surface area contributed by atoms with Crippen LogP contribution in [0.1, 0.15) is 233 Å². The molecule has 4 aromatic carbocycles. The molecular weight excluding hydrogens is 1150 g/mol. The zero-order valence-electron chi connectivity index (χ0n) is 57.2. The maximum atomic E-state index is 13.7. The fourth-order valence-electron chi connectivity index (χ4n) is 10.6. The molecule has 5 atom stereocenters. The SMILES string of the molecule is CC(C)C(=O)Nc1cccc(NC(=O)C(C)C)c1C1=C([NH-])\C=C/CC(c2cc(C(C)(C)C)cc(C(C)(C)C)c2)C/C=C\C([NH-])C(c2c(NC(=O)C(C)C)cccc2NC(=O)C(C)C)C([NH-])/C=C\CC(c2cc(C(C)(C)C)cc(C(C)(C)C)c2)CC\C=C\1[NH-].[Co]. The van der Waals surface area contributed by atoms with Gasteiger partial charge in [0.05, 0.1) is 11.4 Å². The molecule has 0 aromatic heterocycles. The maximum Gasteiger partial charge on any atom is 0.226 e. The normalized spacial score (nSPS) is 21.3. The van der Waals surface area contributed by atoms with Crippen LogP contribution in [-0.4, -0.2) is 35.7 Å². The summed E-state index contributed by atoms with van der Waals surface area (Å²) >= 11 is 0. The van der Waals surface area contributed by atoms with Crippen LogP contribution in [0.2, 0.25) is 0 Å². The van der Waals surface area contributed by atoms with Crippen LogP contribution in [0.3, 0.4) is 0 Å². The fraction of sp³-hybridized carbons (Fsp3) is 0.500. The molecule has 1 aliphatic rings. The topological polar surface area (TPSA) is 212 Å². The van der Waals surface area contributed by atoms with E-state index in [2.05, 4.69) is 141 Å². The van der Waals surface area contributed by atoms with E-state index in [0.29, 0.717) is 66.0 Å². The third-order valence-corrected chi connectivity index (χ3v) is 16.6. The smallest absolute Gasteiger partial charge is 0.226 e. The quantitative estimate of drug-likeness (QED) is 0.102. The molecule has 487 valence electrons. The number of benzene rings is 4. The Balaban J connectivity index is 0.0000169. The predicted molar refractivity (Wildman–Crippen MR) is 373 cm³/mol. The molecule has 0 spiro atoms. The largest absolute Gasteiger partial charge is 0.699 e. The predicted octanol–water partition coefficient (Wildman–Crippen LogP) is 20.8. The first-order chi connectivity index (χ1) is 40.8. The molecule has 13 heteroatoms. The van der Waals surface area contributed by atoms with Crippen molar-refractivity contribution < 1.29 is 36.0 Å². The van der Waals surface area contributed by atoms with Crippen LogP contribution in [0.4, 0.5) is 22.7 Å². The second-order valence-electron chi connectivity index (χ2n) is 29.7. The van der Waals surface area contributed by atoms with Gasteiger partial charge in [0.15, 0.2) is 0 Å². The number of carbonyl (C=O) groups excluding carboxylic acids is 4. The van der Waals surface area contributed by atoms with Gasteiger partial charge in [0.25, 0.3) is 0 Å². The Bertz CT molecular complexity index is 3130. The van der Waals surface area contributed by atoms with Gasteiger partial charge in [-0.3, -0.25) is 19.2 Å². The molecule has 4 aromatic rings. The number of allylic oxidation sites excluding steroid dienone is 6. The maximum absolute atomic E-state index is 13.7. The van der Waals surface area contributed by atoms with Gasteiger partial charge >= 0.3 is 0 Å². The molecule has 0 fully saturated rings. The molecule has 8 N–H and O–H groups in total. The van der Waals surface area contributed by atoms with Crippen LogP contribution in [0, 0.1) is 23.7 Å². The minimum atomic E-state index is -1.03. The molecule has 5 rings (SSSR count). The van der Waals surface area contributed by atoms with E-state index < -0.39 is 18.0 Å². The van der Waals surface area contributed by atoms with Crippen molar-refractivity contribution in [1.29, 1.82) is 0 Å². The van der Waals surface area contributed by atoms with Crippen molar-refractivity contribution in [3.05, 3.63) is 194 Å². The number of amides is 4. The van der Waals surface area contributed by atoms with E-state index in [0.717, 1.165) is 11.1 Å². The molecule has 12 nitrogen and oxygen atoms in total. The van der Waals surface area contributed by atoms with Gasteiger partial charge in [-0.2, -0.15) is 0 Å². The van der Waals surface area contributed by atoms with E-state index in [4.69, 9.17) is 0 Å². The number of hydrogen-bond acceptors (Lipinski definition) is 4. The second kappa shape index (κ2) is 31.5. The van der Waals surface area contributed by atoms with E-state index >= 15 is 0 Å². The second-order valence-corrected chi connectivity index (χ2v) is 29.7. The summed E-state index contributed by atoms with van der Waals surface area (Å²) in [6.45, 7) is 41.0. The monoisotopic (exact) mass is 1250 g/mol. The Morgan fingerprint density at radius 1 is 0.472 bits per heavy atom. The van der Waals surface area contributed by atoms with Gasteiger partial charge in [-0.05, 0) is 135 Å². The van der Waals surface area contributed by atoms with E-state index in [1.165, 1.54) is 22.3 Å². The number of carbonyl (C=O) groups is 4. The molecule has 0 aliphatic heterocycles. The minimum Gasteiger partial charge on any atom is -0.699 e. The summed E-state index contributed by atoms with van der Waals surface area (Å²) in [7, 11) is 0. The third-order valence-electron chi connectivity index (χ3n) is 16.6. The Hall–Kier alpha value is -6.51. The summed E-state index contributed by atoms with van der Waals surface area (Å²) in [6, 6.07) is 22.3. The van der Waals surface area contributed by atoms with E-state index in [9.17, 15) is 42.1 Å². The van der Waals surface area contributed by atoms with Gasteiger partial charge in [0, 0.05) is 63.0 Å². The molecule has 0 heterocycles. The first-order valence-electron chi connectivity index (χ1n) is 31.9. The van der Waals surface area contributed by atoms with E-state index in [1.807, 2.05) is 64.2 Å². The fourth-order valence-corrected chi connectivity index (χ4v) is 10.6. The standard InChI is InChI=1S/C76H106N8O4.Co/c1-45(2)69(85)81-61-35-25-36-62(82-70(86)46(3)4)67(61)65-57(77)31-21-27-49(51-39-53(73(9,10)11)43-54(40-51)74(12,13)14)29-23-33-59(79)66(68-63(83-71(87)47(5)6)37-26-38-64(68)84-72(88)48(7)8)60(80)34-24-30-50(28-22-32-58(65)78)52-41-55(75(15,16)17)44-56(42-52)76(18,19)20;/h21-23,25-26,31-50,57-58,65,77-80H,24,27-30H2,1-20H3,(H,81,85)(H,82,86)(H,83,87)(H,84,88);/q-4;/b31-21-,32-22-,33-23-,60-34-,66-59+;. The molecule has 4 amide bonds. The summed E-state index contributed by atoms with van der Waals surface area (Å²) < 4.78 is 0. The van der Waals surface area contributed by atoms with Crippen molar-refractivity contribution in [2.45, 2.75) is 222 Å². The molecule has 0 saturated heterocycles. The van der Waals surface area contributed by atoms with Gasteiger partial charge in [0.2, 0.25) is 23.6 Å². The molecular formula is C76H106CoN8O4-4. The number of hydrogen-bond donors (Lipinski definition) is 4. The molecule has 0 bridgehead atoms. The summed E-state index contributed by atoms with van der Waals surface area (Å²) in [4.78, 5) is 54.6. The zero-order chi connectivity index (χ0) is 66.0. The molecule has 5 unspecified atom stereocenters. The van der Waals surface area contributed by atoms with Gasteiger partial charge in [-0.25, -0.2) is 0 Å². The van der Waals surface area contributed by atoms with Crippen molar-refractivity contribution in [2.75, 3.05) is 21.3 Å². The average molecular weight is 1250 g/mol. The van der Waals surface area contributed by atoms with Crippen LogP contribution in [0.25, 0.3) is 28.5 Å². The molecule has 89 heavy (non-hydrogen) atoms. The van der Waals surface area contributed by atoms with Crippen LogP contribution in [0.15, 0.2) is 127 Å². The van der Waals surface area contributed by atoms with Gasteiger partial charge in [-0.15, -0.1) is 35.6 Å². The van der Waals surface area contributed by atoms with Crippen molar-refractivity contribution in [3.63, 3.8) is 0 Å². The van der Waals surface area contributed by atoms with Crippen LogP contribution < -0.4 is 21.3 Å². The number of rotatable bonds is 12. The summed E-state index contributed by atoms with van der Waals surface area (Å²) in [5, 5.41) is 12.4.